The Bertz CT molecular complexity index is 785. The van der Waals surface area contributed by atoms with E-state index in [1.54, 1.807) is 44.6 Å². The minimum absolute atomic E-state index is 0.0231. The van der Waals surface area contributed by atoms with Gasteiger partial charge in [0.25, 0.3) is 11.7 Å². The molecular formula is C17H19F2N3O3. The predicted molar refractivity (Wildman–Crippen MR) is 86.6 cm³/mol. The highest BCUT2D eigenvalue weighted by Crippen LogP contribution is 2.20. The van der Waals surface area contributed by atoms with Gasteiger partial charge in [-0.25, -0.2) is 0 Å². The summed E-state index contributed by atoms with van der Waals surface area (Å²) in [6.07, 6.45) is 0. The zero-order valence-electron chi connectivity index (χ0n) is 14.3. The molecule has 1 aromatic carbocycles. The average Bonchev–Trinajstić information content (AvgIpc) is 2.79. The number of nitrogens with zero attached hydrogens (tertiary/aromatic N) is 2. The van der Waals surface area contributed by atoms with E-state index in [4.69, 9.17) is 0 Å². The van der Waals surface area contributed by atoms with Gasteiger partial charge >= 0.3 is 6.61 Å². The molecule has 134 valence electrons. The van der Waals surface area contributed by atoms with Crippen molar-refractivity contribution >= 4 is 11.7 Å². The number of halogens is 2. The van der Waals surface area contributed by atoms with E-state index in [0.29, 0.717) is 17.0 Å². The second-order valence-corrected chi connectivity index (χ2v) is 5.64. The number of benzene rings is 1. The Morgan fingerprint density at radius 2 is 1.80 bits per heavy atom. The summed E-state index contributed by atoms with van der Waals surface area (Å²) in [6.45, 7) is 2.17. The standard InChI is InChI=1S/C17H19F2N3O3/c1-9(12-5-7-13(8-6-12)25-17(18)19)20-16(24)15(23)14-10(2)21-22(4)11(14)3/h5-9,17H,1-4H3,(H,20,24). The Hall–Kier alpha value is -2.77. The molecule has 0 aliphatic heterocycles. The molecular weight excluding hydrogens is 332 g/mol. The maximum atomic E-state index is 12.4. The third kappa shape index (κ3) is 4.20. The third-order valence-electron chi connectivity index (χ3n) is 3.90. The molecule has 2 rings (SSSR count). The van der Waals surface area contributed by atoms with Crippen molar-refractivity contribution in [3.05, 3.63) is 46.8 Å². The molecule has 0 saturated carbocycles. The minimum Gasteiger partial charge on any atom is -0.435 e. The second kappa shape index (κ2) is 7.42. The monoisotopic (exact) mass is 351 g/mol. The fourth-order valence-electron chi connectivity index (χ4n) is 2.50. The van der Waals surface area contributed by atoms with Crippen LogP contribution in [0.5, 0.6) is 5.75 Å². The summed E-state index contributed by atoms with van der Waals surface area (Å²) in [6, 6.07) is 5.37. The maximum Gasteiger partial charge on any atom is 0.387 e. The number of carbonyl (C=O) groups excluding carboxylic acids is 2. The van der Waals surface area contributed by atoms with Gasteiger partial charge in [-0.1, -0.05) is 12.1 Å². The topological polar surface area (TPSA) is 73.2 Å². The predicted octanol–water partition coefficient (Wildman–Crippen LogP) is 2.70. The zero-order valence-corrected chi connectivity index (χ0v) is 14.3. The molecule has 0 bridgehead atoms. The van der Waals surface area contributed by atoms with Gasteiger partial charge in [0.05, 0.1) is 17.3 Å². The molecule has 0 saturated heterocycles. The minimum atomic E-state index is -2.90. The number of amides is 1. The van der Waals surface area contributed by atoms with E-state index < -0.39 is 24.3 Å². The van der Waals surface area contributed by atoms with Crippen molar-refractivity contribution in [2.75, 3.05) is 0 Å². The molecule has 8 heteroatoms. The molecule has 0 aliphatic carbocycles. The summed E-state index contributed by atoms with van der Waals surface area (Å²) in [4.78, 5) is 24.6. The molecule has 1 N–H and O–H groups in total. The fraction of sp³-hybridized carbons (Fsp3) is 0.353. The first kappa shape index (κ1) is 18.6. The number of ether oxygens (including phenoxy) is 1. The molecule has 1 unspecified atom stereocenters. The number of rotatable bonds is 6. The molecule has 0 aliphatic rings. The molecule has 1 aromatic heterocycles. The van der Waals surface area contributed by atoms with Crippen LogP contribution >= 0.6 is 0 Å². The Morgan fingerprint density at radius 1 is 1.20 bits per heavy atom. The normalized spacial score (nSPS) is 12.1. The van der Waals surface area contributed by atoms with Crippen LogP contribution in [0.25, 0.3) is 0 Å². The van der Waals surface area contributed by atoms with E-state index in [1.165, 1.54) is 12.1 Å². The largest absolute Gasteiger partial charge is 0.435 e. The van der Waals surface area contributed by atoms with Crippen molar-refractivity contribution in [1.29, 1.82) is 0 Å². The number of alkyl halides is 2. The van der Waals surface area contributed by atoms with E-state index in [0.717, 1.165) is 0 Å². The lowest BCUT2D eigenvalue weighted by molar-refractivity contribution is -0.117. The van der Waals surface area contributed by atoms with E-state index >= 15 is 0 Å². The van der Waals surface area contributed by atoms with Crippen LogP contribution in [0.2, 0.25) is 0 Å². The Kier molecular flexibility index (Phi) is 5.51. The van der Waals surface area contributed by atoms with Gasteiger partial charge in [0, 0.05) is 12.7 Å². The molecule has 6 nitrogen and oxygen atoms in total. The second-order valence-electron chi connectivity index (χ2n) is 5.64. The number of aromatic nitrogens is 2. The first-order valence-corrected chi connectivity index (χ1v) is 7.61. The lowest BCUT2D eigenvalue weighted by Gasteiger charge is -2.14. The van der Waals surface area contributed by atoms with Crippen molar-refractivity contribution in [2.24, 2.45) is 7.05 Å². The average molecular weight is 351 g/mol. The Balaban J connectivity index is 2.08. The van der Waals surface area contributed by atoms with Crippen LogP contribution in [0.15, 0.2) is 24.3 Å². The highest BCUT2D eigenvalue weighted by molar-refractivity contribution is 6.43. The van der Waals surface area contributed by atoms with Crippen LogP contribution in [0.4, 0.5) is 8.78 Å². The molecule has 0 fully saturated rings. The number of carbonyl (C=O) groups is 2. The van der Waals surface area contributed by atoms with Gasteiger partial charge in [0.2, 0.25) is 0 Å². The number of Topliss-reactive ketones (excluding diaryl/α,β-unsaturated/α-hetero) is 1. The summed E-state index contributed by atoms with van der Waals surface area (Å²) in [5, 5.41) is 6.73. The van der Waals surface area contributed by atoms with Gasteiger partial charge in [-0.15, -0.1) is 0 Å². The first-order valence-electron chi connectivity index (χ1n) is 7.61. The van der Waals surface area contributed by atoms with Crippen molar-refractivity contribution in [2.45, 2.75) is 33.4 Å². The third-order valence-corrected chi connectivity index (χ3v) is 3.90. The molecule has 1 heterocycles. The van der Waals surface area contributed by atoms with Gasteiger partial charge in [-0.2, -0.15) is 13.9 Å². The molecule has 1 atom stereocenters. The van der Waals surface area contributed by atoms with Crippen LogP contribution in [-0.2, 0) is 11.8 Å². The first-order chi connectivity index (χ1) is 11.7. The van der Waals surface area contributed by atoms with Crippen LogP contribution in [0, 0.1) is 13.8 Å². The number of nitrogens with one attached hydrogen (secondary N) is 1. The quantitative estimate of drug-likeness (QED) is 0.641. The van der Waals surface area contributed by atoms with E-state index in [9.17, 15) is 18.4 Å². The summed E-state index contributed by atoms with van der Waals surface area (Å²) in [5.74, 6) is -1.39. The van der Waals surface area contributed by atoms with Crippen LogP contribution in [0.1, 0.15) is 40.3 Å². The van der Waals surface area contributed by atoms with Crippen molar-refractivity contribution in [1.82, 2.24) is 15.1 Å². The number of hydrogen-bond donors (Lipinski definition) is 1. The number of ketones is 1. The smallest absolute Gasteiger partial charge is 0.387 e. The van der Waals surface area contributed by atoms with Crippen molar-refractivity contribution in [3.63, 3.8) is 0 Å². The van der Waals surface area contributed by atoms with Gasteiger partial charge < -0.3 is 10.1 Å². The summed E-state index contributed by atoms with van der Waals surface area (Å²) in [5.41, 5.74) is 2.04. The lowest BCUT2D eigenvalue weighted by Crippen LogP contribution is -2.33. The highest BCUT2D eigenvalue weighted by atomic mass is 19.3. The van der Waals surface area contributed by atoms with Crippen molar-refractivity contribution in [3.8, 4) is 5.75 Å². The van der Waals surface area contributed by atoms with Crippen molar-refractivity contribution < 1.29 is 23.1 Å². The molecule has 0 spiro atoms. The van der Waals surface area contributed by atoms with Crippen LogP contribution in [-0.4, -0.2) is 28.1 Å². The Labute approximate surface area is 143 Å². The summed E-state index contributed by atoms with van der Waals surface area (Å²) in [7, 11) is 1.70. The van der Waals surface area contributed by atoms with Gasteiger partial charge in [0.15, 0.2) is 0 Å². The highest BCUT2D eigenvalue weighted by Gasteiger charge is 2.25. The zero-order chi connectivity index (χ0) is 18.7. The SMILES string of the molecule is Cc1nn(C)c(C)c1C(=O)C(=O)NC(C)c1ccc(OC(F)F)cc1. The summed E-state index contributed by atoms with van der Waals surface area (Å²) < 4.78 is 30.1. The summed E-state index contributed by atoms with van der Waals surface area (Å²) >= 11 is 0. The Morgan fingerprint density at radius 3 is 2.28 bits per heavy atom. The lowest BCUT2D eigenvalue weighted by atomic mass is 10.1. The molecule has 0 radical (unpaired) electrons. The van der Waals surface area contributed by atoms with E-state index in [-0.39, 0.29) is 11.3 Å². The van der Waals surface area contributed by atoms with Gasteiger partial charge in [-0.3, -0.25) is 14.3 Å². The molecule has 1 amide bonds. The van der Waals surface area contributed by atoms with Gasteiger partial charge in [0.1, 0.15) is 5.75 Å². The number of aryl methyl sites for hydroxylation is 2. The maximum absolute atomic E-state index is 12.4. The van der Waals surface area contributed by atoms with E-state index in [1.807, 2.05) is 0 Å². The molecule has 25 heavy (non-hydrogen) atoms. The van der Waals surface area contributed by atoms with Crippen LogP contribution in [0.3, 0.4) is 0 Å². The van der Waals surface area contributed by atoms with Crippen LogP contribution < -0.4 is 10.1 Å². The van der Waals surface area contributed by atoms with E-state index in [2.05, 4.69) is 15.2 Å². The number of hydrogen-bond acceptors (Lipinski definition) is 4. The fourth-order valence-corrected chi connectivity index (χ4v) is 2.50. The molecule has 2 aromatic rings. The van der Waals surface area contributed by atoms with Gasteiger partial charge in [-0.05, 0) is 38.5 Å².